The average Bonchev–Trinajstić information content (AvgIpc) is 2.72. The highest BCUT2D eigenvalue weighted by atomic mass is 79.9. The number of nitrogens with one attached hydrogen (secondary N) is 1. The highest BCUT2D eigenvalue weighted by molar-refractivity contribution is 9.10. The summed E-state index contributed by atoms with van der Waals surface area (Å²) in [6.07, 6.45) is 1.44. The van der Waals surface area contributed by atoms with Crippen molar-refractivity contribution < 1.29 is 14.3 Å². The topological polar surface area (TPSA) is 58.6 Å². The Balaban J connectivity index is 2.19. The van der Waals surface area contributed by atoms with Gasteiger partial charge < -0.3 is 15.0 Å². The Morgan fingerprint density at radius 2 is 1.77 bits per heavy atom. The van der Waals surface area contributed by atoms with Gasteiger partial charge in [-0.1, -0.05) is 50.2 Å². The Hall–Kier alpha value is -2.34. The summed E-state index contributed by atoms with van der Waals surface area (Å²) < 4.78 is 6.62. The predicted molar refractivity (Wildman–Crippen MR) is 123 cm³/mol. The number of amides is 2. The summed E-state index contributed by atoms with van der Waals surface area (Å²) in [7, 11) is 0. The second-order valence-electron chi connectivity index (χ2n) is 7.50. The molecule has 0 aliphatic heterocycles. The van der Waals surface area contributed by atoms with Gasteiger partial charge in [0.15, 0.2) is 6.61 Å². The number of hydrogen-bond donors (Lipinski definition) is 1. The van der Waals surface area contributed by atoms with Gasteiger partial charge >= 0.3 is 0 Å². The molecule has 1 unspecified atom stereocenters. The number of carbonyl (C=O) groups excluding carboxylic acids is 2. The van der Waals surface area contributed by atoms with Gasteiger partial charge in [-0.05, 0) is 65.9 Å². The smallest absolute Gasteiger partial charge is 0.261 e. The zero-order valence-corrected chi connectivity index (χ0v) is 19.7. The zero-order chi connectivity index (χ0) is 22.1. The monoisotopic (exact) mass is 474 g/mol. The summed E-state index contributed by atoms with van der Waals surface area (Å²) in [6.45, 7) is 8.03. The van der Waals surface area contributed by atoms with Crippen molar-refractivity contribution in [2.24, 2.45) is 0 Å². The molecule has 1 atom stereocenters. The van der Waals surface area contributed by atoms with E-state index in [4.69, 9.17) is 4.74 Å². The standard InChI is InChI=1S/C24H31BrN2O3/c1-5-18-12-13-22(20(25)14-18)30-16-23(28)27(15-19-10-8-7-9-11-19)21(6-2)24(29)26-17(3)4/h7-14,17,21H,5-6,15-16H2,1-4H3,(H,26,29). The Morgan fingerprint density at radius 3 is 2.33 bits per heavy atom. The maximum absolute atomic E-state index is 13.2. The van der Waals surface area contributed by atoms with Gasteiger partial charge in [-0.25, -0.2) is 0 Å². The summed E-state index contributed by atoms with van der Waals surface area (Å²) in [5, 5.41) is 2.93. The molecule has 0 aromatic heterocycles. The van der Waals surface area contributed by atoms with E-state index >= 15 is 0 Å². The van der Waals surface area contributed by atoms with Crippen molar-refractivity contribution >= 4 is 27.7 Å². The molecule has 0 aliphatic carbocycles. The van der Waals surface area contributed by atoms with E-state index in [1.807, 2.05) is 69.3 Å². The number of hydrogen-bond acceptors (Lipinski definition) is 3. The predicted octanol–water partition coefficient (Wildman–Crippen LogP) is 4.72. The maximum Gasteiger partial charge on any atom is 0.261 e. The summed E-state index contributed by atoms with van der Waals surface area (Å²) in [4.78, 5) is 27.5. The van der Waals surface area contributed by atoms with Gasteiger partial charge in [0, 0.05) is 12.6 Å². The molecule has 2 rings (SSSR count). The van der Waals surface area contributed by atoms with Crippen LogP contribution in [0.3, 0.4) is 0 Å². The van der Waals surface area contributed by atoms with Crippen molar-refractivity contribution in [3.8, 4) is 5.75 Å². The van der Waals surface area contributed by atoms with Crippen molar-refractivity contribution in [1.29, 1.82) is 0 Å². The minimum Gasteiger partial charge on any atom is -0.483 e. The van der Waals surface area contributed by atoms with Gasteiger partial charge in [0.05, 0.1) is 4.47 Å². The third-order valence-electron chi connectivity index (χ3n) is 4.77. The van der Waals surface area contributed by atoms with E-state index in [0.29, 0.717) is 18.7 Å². The molecule has 0 spiro atoms. The van der Waals surface area contributed by atoms with Crippen molar-refractivity contribution in [2.75, 3.05) is 6.61 Å². The molecule has 0 fully saturated rings. The summed E-state index contributed by atoms with van der Waals surface area (Å²) in [5.74, 6) is 0.237. The van der Waals surface area contributed by atoms with Crippen LogP contribution in [0.4, 0.5) is 0 Å². The van der Waals surface area contributed by atoms with Crippen LogP contribution in [0.25, 0.3) is 0 Å². The Labute approximate surface area is 187 Å². The highest BCUT2D eigenvalue weighted by Gasteiger charge is 2.29. The molecule has 2 aromatic rings. The van der Waals surface area contributed by atoms with Crippen molar-refractivity contribution in [2.45, 2.75) is 59.2 Å². The first-order chi connectivity index (χ1) is 14.3. The largest absolute Gasteiger partial charge is 0.483 e. The molecule has 0 bridgehead atoms. The van der Waals surface area contributed by atoms with Gasteiger partial charge in [0.1, 0.15) is 11.8 Å². The third kappa shape index (κ3) is 6.87. The van der Waals surface area contributed by atoms with E-state index in [2.05, 4.69) is 28.2 Å². The first-order valence-electron chi connectivity index (χ1n) is 10.4. The fraction of sp³-hybridized carbons (Fsp3) is 0.417. The number of aryl methyl sites for hydroxylation is 1. The van der Waals surface area contributed by atoms with E-state index in [-0.39, 0.29) is 24.5 Å². The van der Waals surface area contributed by atoms with Gasteiger partial charge in [-0.15, -0.1) is 0 Å². The average molecular weight is 475 g/mol. The molecule has 6 heteroatoms. The molecule has 0 heterocycles. The van der Waals surface area contributed by atoms with Crippen molar-refractivity contribution in [3.05, 3.63) is 64.1 Å². The van der Waals surface area contributed by atoms with Gasteiger partial charge in [-0.2, -0.15) is 0 Å². The SMILES string of the molecule is CCc1ccc(OCC(=O)N(Cc2ccccc2)C(CC)C(=O)NC(C)C)c(Br)c1. The van der Waals surface area contributed by atoms with Gasteiger partial charge in [0.25, 0.3) is 5.91 Å². The number of halogens is 1. The first kappa shape index (κ1) is 23.9. The van der Waals surface area contributed by atoms with Crippen molar-refractivity contribution in [1.82, 2.24) is 10.2 Å². The van der Waals surface area contributed by atoms with Crippen LogP contribution >= 0.6 is 15.9 Å². The Morgan fingerprint density at radius 1 is 1.07 bits per heavy atom. The second kappa shape index (κ2) is 11.7. The molecule has 1 N–H and O–H groups in total. The Bertz CT molecular complexity index is 840. The van der Waals surface area contributed by atoms with Gasteiger partial charge in [-0.3, -0.25) is 9.59 Å². The maximum atomic E-state index is 13.2. The van der Waals surface area contributed by atoms with Crippen molar-refractivity contribution in [3.63, 3.8) is 0 Å². The zero-order valence-electron chi connectivity index (χ0n) is 18.2. The van der Waals surface area contributed by atoms with Crippen LogP contribution < -0.4 is 10.1 Å². The van der Waals surface area contributed by atoms with Crippen LogP contribution in [0.5, 0.6) is 5.75 Å². The number of carbonyl (C=O) groups is 2. The normalized spacial score (nSPS) is 11.8. The minimum absolute atomic E-state index is 0.00418. The highest BCUT2D eigenvalue weighted by Crippen LogP contribution is 2.26. The van der Waals surface area contributed by atoms with Crippen LogP contribution in [0.15, 0.2) is 53.0 Å². The summed E-state index contributed by atoms with van der Waals surface area (Å²) in [5.41, 5.74) is 2.15. The number of benzene rings is 2. The lowest BCUT2D eigenvalue weighted by Gasteiger charge is -2.31. The Kier molecular flexibility index (Phi) is 9.37. The summed E-state index contributed by atoms with van der Waals surface area (Å²) >= 11 is 3.51. The van der Waals surface area contributed by atoms with E-state index < -0.39 is 6.04 Å². The molecule has 0 saturated heterocycles. The van der Waals surface area contributed by atoms with E-state index in [0.717, 1.165) is 16.5 Å². The molecular weight excluding hydrogens is 444 g/mol. The van der Waals surface area contributed by atoms with Gasteiger partial charge in [0.2, 0.25) is 5.91 Å². The van der Waals surface area contributed by atoms with E-state index in [1.165, 1.54) is 5.56 Å². The lowest BCUT2D eigenvalue weighted by Crippen LogP contribution is -2.51. The second-order valence-corrected chi connectivity index (χ2v) is 8.36. The molecule has 0 radical (unpaired) electrons. The lowest BCUT2D eigenvalue weighted by atomic mass is 10.1. The lowest BCUT2D eigenvalue weighted by molar-refractivity contribution is -0.143. The molecule has 2 amide bonds. The first-order valence-corrected chi connectivity index (χ1v) is 11.2. The third-order valence-corrected chi connectivity index (χ3v) is 5.39. The van der Waals surface area contributed by atoms with Crippen LogP contribution in [-0.4, -0.2) is 35.4 Å². The minimum atomic E-state index is -0.561. The molecule has 2 aromatic carbocycles. The molecule has 162 valence electrons. The molecule has 30 heavy (non-hydrogen) atoms. The quantitative estimate of drug-likeness (QED) is 0.541. The fourth-order valence-electron chi connectivity index (χ4n) is 3.18. The van der Waals surface area contributed by atoms with Crippen LogP contribution in [-0.2, 0) is 22.6 Å². The van der Waals surface area contributed by atoms with E-state index in [9.17, 15) is 9.59 Å². The molecule has 0 aliphatic rings. The van der Waals surface area contributed by atoms with Crippen LogP contribution in [0.2, 0.25) is 0 Å². The molecule has 5 nitrogen and oxygen atoms in total. The molecular formula is C24H31BrN2O3. The number of ether oxygens (including phenoxy) is 1. The number of nitrogens with zero attached hydrogens (tertiary/aromatic N) is 1. The fourth-order valence-corrected chi connectivity index (χ4v) is 3.72. The van der Waals surface area contributed by atoms with E-state index in [1.54, 1.807) is 4.90 Å². The van der Waals surface area contributed by atoms with Crippen LogP contribution in [0.1, 0.15) is 45.2 Å². The van der Waals surface area contributed by atoms with Crippen LogP contribution in [0, 0.1) is 0 Å². The summed E-state index contributed by atoms with van der Waals surface area (Å²) in [6, 6.07) is 15.0. The number of rotatable bonds is 10. The molecule has 0 saturated carbocycles.